The van der Waals surface area contributed by atoms with E-state index in [-0.39, 0.29) is 11.3 Å². The third-order valence-corrected chi connectivity index (χ3v) is 5.28. The highest BCUT2D eigenvalue weighted by Gasteiger charge is 2.19. The van der Waals surface area contributed by atoms with Gasteiger partial charge >= 0.3 is 5.97 Å². The number of hydrogen-bond acceptors (Lipinski definition) is 6. The molecule has 3 aromatic rings. The highest BCUT2D eigenvalue weighted by Crippen LogP contribution is 2.20. The van der Waals surface area contributed by atoms with Crippen molar-refractivity contribution < 1.29 is 14.3 Å². The fourth-order valence-corrected chi connectivity index (χ4v) is 3.73. The van der Waals surface area contributed by atoms with Crippen molar-refractivity contribution >= 4 is 34.0 Å². The molecule has 0 atom stereocenters. The van der Waals surface area contributed by atoms with Gasteiger partial charge in [0.05, 0.1) is 5.39 Å². The molecule has 8 heteroatoms. The summed E-state index contributed by atoms with van der Waals surface area (Å²) in [4.78, 5) is 39.9. The molecule has 0 spiro atoms. The Morgan fingerprint density at radius 2 is 1.73 bits per heavy atom. The first-order valence-electron chi connectivity index (χ1n) is 11.2. The van der Waals surface area contributed by atoms with E-state index >= 15 is 0 Å². The van der Waals surface area contributed by atoms with Crippen LogP contribution < -0.4 is 15.8 Å². The molecule has 0 fully saturated rings. The number of nitrogens with zero attached hydrogens (tertiary/aromatic N) is 3. The number of carbonyl (C=O) groups is 2. The number of esters is 1. The molecule has 1 aromatic heterocycles. The molecular weight excluding hydrogens is 420 g/mol. The van der Waals surface area contributed by atoms with Crippen molar-refractivity contribution in [1.82, 2.24) is 9.78 Å². The number of nitrogens with one attached hydrogen (secondary N) is 1. The van der Waals surface area contributed by atoms with Crippen LogP contribution in [-0.4, -0.2) is 40.9 Å². The van der Waals surface area contributed by atoms with Crippen LogP contribution in [0.5, 0.6) is 0 Å². The second-order valence-electron chi connectivity index (χ2n) is 7.97. The van der Waals surface area contributed by atoms with Crippen LogP contribution >= 0.6 is 0 Å². The summed E-state index contributed by atoms with van der Waals surface area (Å²) in [6, 6.07) is 14.6. The monoisotopic (exact) mass is 450 g/mol. The summed E-state index contributed by atoms with van der Waals surface area (Å²) in [6.45, 7) is 9.06. The fourth-order valence-electron chi connectivity index (χ4n) is 3.73. The van der Waals surface area contributed by atoms with E-state index in [9.17, 15) is 14.4 Å². The van der Waals surface area contributed by atoms with Gasteiger partial charge in [-0.3, -0.25) is 9.59 Å². The Kier molecular flexibility index (Phi) is 7.82. The van der Waals surface area contributed by atoms with Gasteiger partial charge in [-0.2, -0.15) is 5.10 Å². The molecule has 0 aliphatic rings. The summed E-state index contributed by atoms with van der Waals surface area (Å²) in [5.41, 5.74) is 1.44. The molecule has 1 N–H and O–H groups in total. The Labute approximate surface area is 193 Å². The van der Waals surface area contributed by atoms with Crippen molar-refractivity contribution in [2.24, 2.45) is 0 Å². The van der Waals surface area contributed by atoms with Crippen LogP contribution in [0, 0.1) is 0 Å². The van der Waals surface area contributed by atoms with Crippen molar-refractivity contribution in [3.63, 3.8) is 0 Å². The number of hydrogen-bond donors (Lipinski definition) is 1. The molecule has 1 heterocycles. The van der Waals surface area contributed by atoms with Crippen LogP contribution in [-0.2, 0) is 16.1 Å². The van der Waals surface area contributed by atoms with Gasteiger partial charge < -0.3 is 15.0 Å². The number of rotatable bonds is 9. The third kappa shape index (κ3) is 5.58. The standard InChI is InChI=1S/C25H30N4O4/c1-5-15-29-24(31)21-10-8-7-9-20(21)23(27-29)25(32)33-16-22(30)26-18-11-13-19(14-12-18)28(6-2)17(3)4/h7-14,17H,5-6,15-16H2,1-4H3,(H,26,30). The summed E-state index contributed by atoms with van der Waals surface area (Å²) >= 11 is 0. The molecule has 3 rings (SSSR count). The number of aromatic nitrogens is 2. The molecule has 0 unspecified atom stereocenters. The molecule has 0 radical (unpaired) electrons. The largest absolute Gasteiger partial charge is 0.451 e. The molecule has 0 saturated heterocycles. The molecule has 0 bridgehead atoms. The zero-order valence-corrected chi connectivity index (χ0v) is 19.5. The van der Waals surface area contributed by atoms with Crippen LogP contribution in [0.3, 0.4) is 0 Å². The van der Waals surface area contributed by atoms with Crippen molar-refractivity contribution in [1.29, 1.82) is 0 Å². The summed E-state index contributed by atoms with van der Waals surface area (Å²) in [7, 11) is 0. The lowest BCUT2D eigenvalue weighted by Gasteiger charge is -2.27. The minimum absolute atomic E-state index is 0.0177. The van der Waals surface area contributed by atoms with E-state index in [1.807, 2.05) is 31.2 Å². The maximum atomic E-state index is 12.7. The van der Waals surface area contributed by atoms with E-state index in [1.165, 1.54) is 4.68 Å². The number of benzene rings is 2. The summed E-state index contributed by atoms with van der Waals surface area (Å²) in [5, 5.41) is 7.72. The molecule has 0 saturated carbocycles. The number of amides is 1. The summed E-state index contributed by atoms with van der Waals surface area (Å²) in [6.07, 6.45) is 0.689. The first-order valence-corrected chi connectivity index (χ1v) is 11.2. The van der Waals surface area contributed by atoms with Crippen LogP contribution in [0.15, 0.2) is 53.3 Å². The van der Waals surface area contributed by atoms with Crippen molar-refractivity contribution in [2.75, 3.05) is 23.4 Å². The van der Waals surface area contributed by atoms with Crippen LogP contribution in [0.2, 0.25) is 0 Å². The van der Waals surface area contributed by atoms with E-state index in [0.29, 0.717) is 35.5 Å². The Balaban J connectivity index is 1.69. The van der Waals surface area contributed by atoms with E-state index in [0.717, 1.165) is 12.2 Å². The highest BCUT2D eigenvalue weighted by atomic mass is 16.5. The first kappa shape index (κ1) is 24.0. The Morgan fingerprint density at radius 1 is 1.06 bits per heavy atom. The molecule has 0 aliphatic heterocycles. The number of aryl methyl sites for hydroxylation is 1. The van der Waals surface area contributed by atoms with Crippen LogP contribution in [0.4, 0.5) is 11.4 Å². The molecule has 1 amide bonds. The topological polar surface area (TPSA) is 93.5 Å². The zero-order chi connectivity index (χ0) is 24.0. The normalized spacial score (nSPS) is 10.9. The van der Waals surface area contributed by atoms with E-state index in [1.54, 1.807) is 24.3 Å². The van der Waals surface area contributed by atoms with Gasteiger partial charge in [-0.1, -0.05) is 25.1 Å². The Morgan fingerprint density at radius 3 is 2.33 bits per heavy atom. The van der Waals surface area contributed by atoms with E-state index in [4.69, 9.17) is 4.74 Å². The molecular formula is C25H30N4O4. The maximum Gasteiger partial charge on any atom is 0.359 e. The number of fused-ring (bicyclic) bond motifs is 1. The Bertz CT molecular complexity index is 1190. The lowest BCUT2D eigenvalue weighted by atomic mass is 10.1. The molecule has 174 valence electrons. The van der Waals surface area contributed by atoms with Gasteiger partial charge in [0.25, 0.3) is 11.5 Å². The zero-order valence-electron chi connectivity index (χ0n) is 19.5. The lowest BCUT2D eigenvalue weighted by molar-refractivity contribution is -0.119. The SMILES string of the molecule is CCCn1nc(C(=O)OCC(=O)Nc2ccc(N(CC)C(C)C)cc2)c2ccccc2c1=O. The summed E-state index contributed by atoms with van der Waals surface area (Å²) in [5.74, 6) is -1.21. The van der Waals surface area contributed by atoms with Crippen molar-refractivity contribution in [3.05, 3.63) is 64.6 Å². The lowest BCUT2D eigenvalue weighted by Crippen LogP contribution is -2.30. The summed E-state index contributed by atoms with van der Waals surface area (Å²) < 4.78 is 6.48. The molecule has 0 aliphatic carbocycles. The van der Waals surface area contributed by atoms with Gasteiger partial charge in [0.1, 0.15) is 0 Å². The predicted octanol–water partition coefficient (Wildman–Crippen LogP) is 3.84. The van der Waals surface area contributed by atoms with Crippen molar-refractivity contribution in [2.45, 2.75) is 46.7 Å². The quantitative estimate of drug-likeness (QED) is 0.498. The fraction of sp³-hybridized carbons (Fsp3) is 0.360. The minimum Gasteiger partial charge on any atom is -0.451 e. The molecule has 2 aromatic carbocycles. The number of ether oxygens (including phenoxy) is 1. The average Bonchev–Trinajstić information content (AvgIpc) is 2.81. The number of carbonyl (C=O) groups excluding carboxylic acids is 2. The minimum atomic E-state index is -0.753. The van der Waals surface area contributed by atoms with Gasteiger partial charge in [0.15, 0.2) is 12.3 Å². The Hall–Kier alpha value is -3.68. The predicted molar refractivity (Wildman–Crippen MR) is 130 cm³/mol. The van der Waals surface area contributed by atoms with Gasteiger partial charge in [0, 0.05) is 35.9 Å². The maximum absolute atomic E-state index is 12.7. The van der Waals surface area contributed by atoms with Crippen LogP contribution in [0.25, 0.3) is 10.8 Å². The highest BCUT2D eigenvalue weighted by molar-refractivity contribution is 6.03. The van der Waals surface area contributed by atoms with Gasteiger partial charge in [-0.05, 0) is 57.5 Å². The van der Waals surface area contributed by atoms with Crippen molar-refractivity contribution in [3.8, 4) is 0 Å². The number of anilines is 2. The van der Waals surface area contributed by atoms with E-state index in [2.05, 4.69) is 36.1 Å². The second-order valence-corrected chi connectivity index (χ2v) is 7.97. The molecule has 33 heavy (non-hydrogen) atoms. The van der Waals surface area contributed by atoms with Gasteiger partial charge in [-0.15, -0.1) is 0 Å². The second kappa shape index (κ2) is 10.8. The van der Waals surface area contributed by atoms with E-state index < -0.39 is 18.5 Å². The van der Waals surface area contributed by atoms with Gasteiger partial charge in [-0.25, -0.2) is 9.48 Å². The van der Waals surface area contributed by atoms with Gasteiger partial charge in [0.2, 0.25) is 0 Å². The molecule has 8 nitrogen and oxygen atoms in total. The third-order valence-electron chi connectivity index (χ3n) is 5.28. The smallest absolute Gasteiger partial charge is 0.359 e. The first-order chi connectivity index (χ1) is 15.8. The average molecular weight is 451 g/mol. The van der Waals surface area contributed by atoms with Crippen LogP contribution in [0.1, 0.15) is 44.6 Å².